The Morgan fingerprint density at radius 3 is 1.88 bits per heavy atom. The highest BCUT2D eigenvalue weighted by atomic mass is 16.5. The minimum atomic E-state index is -0.0397. The van der Waals surface area contributed by atoms with Gasteiger partial charge in [-0.1, -0.05) is 6.42 Å². The molecule has 2 unspecified atom stereocenters. The normalized spacial score (nSPS) is 20.7. The molecule has 5 rings (SSSR count). The highest BCUT2D eigenvalue weighted by molar-refractivity contribution is 6.13. The lowest BCUT2D eigenvalue weighted by molar-refractivity contribution is 0.0469. The Morgan fingerprint density at radius 1 is 0.781 bits per heavy atom. The maximum atomic E-state index is 10.6. The standard InChI is InChI=1S/C26H31NO5/c1-29-22-10-16-17(11-23(22)30-2)19-9-15-7-5-6-8-27(15)21(14-28)26(19)20-13-25(32-4)24(31-3)12-18(16)20/h10-13,15,21,28H,5-9,14H2,1-4H3. The van der Waals surface area contributed by atoms with E-state index in [-0.39, 0.29) is 12.6 Å². The molecule has 1 N–H and O–H groups in total. The Hall–Kier alpha value is -2.70. The molecule has 0 spiro atoms. The highest BCUT2D eigenvalue weighted by Crippen LogP contribution is 2.49. The number of hydrogen-bond donors (Lipinski definition) is 1. The van der Waals surface area contributed by atoms with Crippen molar-refractivity contribution in [2.45, 2.75) is 37.8 Å². The van der Waals surface area contributed by atoms with Crippen LogP contribution in [0.4, 0.5) is 0 Å². The van der Waals surface area contributed by atoms with E-state index in [1.54, 1.807) is 28.4 Å². The summed E-state index contributed by atoms with van der Waals surface area (Å²) >= 11 is 0. The average Bonchev–Trinajstić information content (AvgIpc) is 2.85. The van der Waals surface area contributed by atoms with Gasteiger partial charge in [-0.15, -0.1) is 0 Å². The van der Waals surface area contributed by atoms with Gasteiger partial charge < -0.3 is 24.1 Å². The molecule has 2 heterocycles. The Bertz CT molecular complexity index is 1170. The number of rotatable bonds is 5. The summed E-state index contributed by atoms with van der Waals surface area (Å²) in [7, 11) is 6.65. The smallest absolute Gasteiger partial charge is 0.161 e. The van der Waals surface area contributed by atoms with Gasteiger partial charge in [0.2, 0.25) is 0 Å². The predicted octanol–water partition coefficient (Wildman–Crippen LogP) is 4.47. The van der Waals surface area contributed by atoms with E-state index >= 15 is 0 Å². The van der Waals surface area contributed by atoms with Crippen molar-refractivity contribution in [1.29, 1.82) is 0 Å². The largest absolute Gasteiger partial charge is 0.493 e. The molecular weight excluding hydrogens is 406 g/mol. The number of nitrogens with zero attached hydrogens (tertiary/aromatic N) is 1. The molecule has 0 bridgehead atoms. The summed E-state index contributed by atoms with van der Waals surface area (Å²) in [6, 6.07) is 8.67. The molecule has 170 valence electrons. The molecule has 3 aromatic carbocycles. The lowest BCUT2D eigenvalue weighted by Gasteiger charge is -2.46. The number of hydrogen-bond acceptors (Lipinski definition) is 6. The van der Waals surface area contributed by atoms with Crippen LogP contribution < -0.4 is 18.9 Å². The molecule has 1 saturated heterocycles. The van der Waals surface area contributed by atoms with Crippen molar-refractivity contribution in [3.8, 4) is 23.0 Å². The Balaban J connectivity index is 1.93. The zero-order valence-corrected chi connectivity index (χ0v) is 19.2. The van der Waals surface area contributed by atoms with Gasteiger partial charge in [0.15, 0.2) is 23.0 Å². The number of fused-ring (bicyclic) bond motifs is 7. The SMILES string of the molecule is COc1cc2c3c(c4cc(OC)c(OC)cc4c2cc1OC)C(CO)N1CCCCC1C3. The van der Waals surface area contributed by atoms with Crippen LogP contribution in [0.25, 0.3) is 21.5 Å². The summed E-state index contributed by atoms with van der Waals surface area (Å²) in [6.07, 6.45) is 4.54. The third kappa shape index (κ3) is 3.08. The third-order valence-electron chi connectivity index (χ3n) is 7.30. The fourth-order valence-electron chi connectivity index (χ4n) is 5.83. The maximum Gasteiger partial charge on any atom is 0.161 e. The highest BCUT2D eigenvalue weighted by Gasteiger charge is 2.38. The van der Waals surface area contributed by atoms with Gasteiger partial charge in [0.25, 0.3) is 0 Å². The van der Waals surface area contributed by atoms with Crippen molar-refractivity contribution >= 4 is 21.5 Å². The van der Waals surface area contributed by atoms with Crippen molar-refractivity contribution in [3.05, 3.63) is 35.4 Å². The molecule has 6 heteroatoms. The fraction of sp³-hybridized carbons (Fsp3) is 0.462. The van der Waals surface area contributed by atoms with Crippen LogP contribution in [0, 0.1) is 0 Å². The van der Waals surface area contributed by atoms with Crippen LogP contribution >= 0.6 is 0 Å². The fourth-order valence-corrected chi connectivity index (χ4v) is 5.83. The van der Waals surface area contributed by atoms with Gasteiger partial charge in [-0.3, -0.25) is 4.90 Å². The lowest BCUT2D eigenvalue weighted by atomic mass is 9.79. The van der Waals surface area contributed by atoms with Crippen LogP contribution in [0.2, 0.25) is 0 Å². The number of aliphatic hydroxyl groups is 1. The van der Waals surface area contributed by atoms with E-state index in [0.29, 0.717) is 29.0 Å². The molecule has 2 aliphatic heterocycles. The molecule has 0 radical (unpaired) electrons. The molecule has 32 heavy (non-hydrogen) atoms. The third-order valence-corrected chi connectivity index (χ3v) is 7.30. The molecule has 0 saturated carbocycles. The predicted molar refractivity (Wildman–Crippen MR) is 126 cm³/mol. The monoisotopic (exact) mass is 437 g/mol. The Kier molecular flexibility index (Phi) is 5.51. The molecule has 2 atom stereocenters. The summed E-state index contributed by atoms with van der Waals surface area (Å²) in [6.45, 7) is 1.11. The Labute approximate surface area is 188 Å². The van der Waals surface area contributed by atoms with E-state index in [2.05, 4.69) is 23.1 Å². The molecule has 0 aromatic heterocycles. The van der Waals surface area contributed by atoms with Gasteiger partial charge in [0.1, 0.15) is 0 Å². The van der Waals surface area contributed by atoms with E-state index in [0.717, 1.165) is 40.9 Å². The Morgan fingerprint density at radius 2 is 1.31 bits per heavy atom. The van der Waals surface area contributed by atoms with E-state index in [4.69, 9.17) is 18.9 Å². The molecule has 1 fully saturated rings. The van der Waals surface area contributed by atoms with Crippen LogP contribution in [-0.4, -0.2) is 57.6 Å². The minimum absolute atomic E-state index is 0.0397. The second-order valence-corrected chi connectivity index (χ2v) is 8.69. The van der Waals surface area contributed by atoms with Gasteiger partial charge >= 0.3 is 0 Å². The van der Waals surface area contributed by atoms with Gasteiger partial charge in [0, 0.05) is 6.04 Å². The summed E-state index contributed by atoms with van der Waals surface area (Å²) in [5, 5.41) is 15.0. The second kappa shape index (κ2) is 8.34. The maximum absolute atomic E-state index is 10.6. The van der Waals surface area contributed by atoms with Crippen LogP contribution in [0.15, 0.2) is 24.3 Å². The van der Waals surface area contributed by atoms with Gasteiger partial charge in [-0.25, -0.2) is 0 Å². The lowest BCUT2D eigenvalue weighted by Crippen LogP contribution is -2.47. The number of methoxy groups -OCH3 is 4. The van der Waals surface area contributed by atoms with Crippen molar-refractivity contribution in [2.75, 3.05) is 41.6 Å². The van der Waals surface area contributed by atoms with Crippen LogP contribution in [0.1, 0.15) is 36.4 Å². The van der Waals surface area contributed by atoms with Gasteiger partial charge in [0.05, 0.1) is 41.1 Å². The quantitative estimate of drug-likeness (QED) is 0.595. The van der Waals surface area contributed by atoms with E-state index < -0.39 is 0 Å². The van der Waals surface area contributed by atoms with Crippen molar-refractivity contribution in [1.82, 2.24) is 4.90 Å². The van der Waals surface area contributed by atoms with Crippen LogP contribution in [0.3, 0.4) is 0 Å². The van der Waals surface area contributed by atoms with Gasteiger partial charge in [-0.05, 0) is 82.7 Å². The summed E-state index contributed by atoms with van der Waals surface area (Å²) in [4.78, 5) is 2.51. The van der Waals surface area contributed by atoms with E-state index in [1.165, 1.54) is 24.0 Å². The number of ether oxygens (including phenoxy) is 4. The molecule has 0 aliphatic carbocycles. The minimum Gasteiger partial charge on any atom is -0.493 e. The molecule has 2 aliphatic rings. The molecule has 3 aromatic rings. The van der Waals surface area contributed by atoms with E-state index in [9.17, 15) is 5.11 Å². The second-order valence-electron chi connectivity index (χ2n) is 8.69. The van der Waals surface area contributed by atoms with E-state index in [1.807, 2.05) is 6.07 Å². The van der Waals surface area contributed by atoms with Gasteiger partial charge in [-0.2, -0.15) is 0 Å². The first-order valence-electron chi connectivity index (χ1n) is 11.3. The summed E-state index contributed by atoms with van der Waals surface area (Å²) in [5.41, 5.74) is 2.49. The van der Waals surface area contributed by atoms with Crippen molar-refractivity contribution in [2.24, 2.45) is 0 Å². The zero-order valence-electron chi connectivity index (χ0n) is 19.2. The average molecular weight is 438 g/mol. The summed E-state index contributed by atoms with van der Waals surface area (Å²) in [5.74, 6) is 2.79. The first-order chi connectivity index (χ1) is 15.6. The molecular formula is C26H31NO5. The number of aliphatic hydroxyl groups excluding tert-OH is 1. The van der Waals surface area contributed by atoms with Crippen LogP contribution in [-0.2, 0) is 6.42 Å². The summed E-state index contributed by atoms with van der Waals surface area (Å²) < 4.78 is 22.6. The number of benzene rings is 3. The first-order valence-corrected chi connectivity index (χ1v) is 11.3. The zero-order chi connectivity index (χ0) is 22.4. The molecule has 0 amide bonds. The topological polar surface area (TPSA) is 60.4 Å². The van der Waals surface area contributed by atoms with Crippen molar-refractivity contribution in [3.63, 3.8) is 0 Å². The molecule has 6 nitrogen and oxygen atoms in total. The number of piperidine rings is 1. The van der Waals surface area contributed by atoms with Crippen molar-refractivity contribution < 1.29 is 24.1 Å². The first kappa shape index (κ1) is 21.2. The van der Waals surface area contributed by atoms with Crippen LogP contribution in [0.5, 0.6) is 23.0 Å².